The molecule has 0 fully saturated rings. The van der Waals surface area contributed by atoms with E-state index in [9.17, 15) is 14.7 Å². The van der Waals surface area contributed by atoms with Crippen LogP contribution in [0.1, 0.15) is 25.1 Å². The Kier molecular flexibility index (Phi) is 3.93. The van der Waals surface area contributed by atoms with Gasteiger partial charge in [-0.3, -0.25) is 9.59 Å². The summed E-state index contributed by atoms with van der Waals surface area (Å²) in [6.07, 6.45) is 0. The molecule has 0 radical (unpaired) electrons. The Morgan fingerprint density at radius 1 is 1.04 bits per heavy atom. The number of carbonyl (C=O) groups is 1. The van der Waals surface area contributed by atoms with Gasteiger partial charge in [0.15, 0.2) is 0 Å². The van der Waals surface area contributed by atoms with E-state index in [2.05, 4.69) is 5.10 Å². The summed E-state index contributed by atoms with van der Waals surface area (Å²) < 4.78 is 1.34. The van der Waals surface area contributed by atoms with Crippen molar-refractivity contribution < 1.29 is 9.90 Å². The van der Waals surface area contributed by atoms with Crippen molar-refractivity contribution >= 4 is 16.7 Å². The monoisotopic (exact) mass is 322 g/mol. The van der Waals surface area contributed by atoms with Crippen LogP contribution in [0.2, 0.25) is 0 Å². The van der Waals surface area contributed by atoms with E-state index in [-0.39, 0.29) is 5.56 Å². The molecule has 122 valence electrons. The minimum Gasteiger partial charge on any atom is -0.481 e. The van der Waals surface area contributed by atoms with Crippen molar-refractivity contribution in [2.24, 2.45) is 0 Å². The fourth-order valence-electron chi connectivity index (χ4n) is 2.66. The molecule has 0 unspecified atom stereocenters. The standard InChI is InChI=1S/C19H18N2O3/c1-19(2,18(23)24)16-14-10-6-7-11-15(14)17(22)21(20-16)12-13-8-4-3-5-9-13/h3-11H,12H2,1-2H3,(H,23,24). The normalized spacial score (nSPS) is 11.6. The average Bonchev–Trinajstić information content (AvgIpc) is 2.58. The lowest BCUT2D eigenvalue weighted by molar-refractivity contribution is -0.142. The van der Waals surface area contributed by atoms with Gasteiger partial charge in [-0.15, -0.1) is 0 Å². The molecule has 3 aromatic rings. The van der Waals surface area contributed by atoms with E-state index in [0.29, 0.717) is 23.0 Å². The summed E-state index contributed by atoms with van der Waals surface area (Å²) in [4.78, 5) is 24.4. The summed E-state index contributed by atoms with van der Waals surface area (Å²) in [6.45, 7) is 3.50. The van der Waals surface area contributed by atoms with Crippen molar-refractivity contribution in [1.82, 2.24) is 9.78 Å². The Morgan fingerprint density at radius 2 is 1.62 bits per heavy atom. The summed E-state index contributed by atoms with van der Waals surface area (Å²) in [5.41, 5.74) is -0.104. The van der Waals surface area contributed by atoms with E-state index in [1.54, 1.807) is 38.1 Å². The van der Waals surface area contributed by atoms with Crippen LogP contribution in [0.5, 0.6) is 0 Å². The molecule has 1 aromatic heterocycles. The maximum atomic E-state index is 12.7. The second-order valence-corrected chi connectivity index (χ2v) is 6.27. The number of aliphatic carboxylic acids is 1. The summed E-state index contributed by atoms with van der Waals surface area (Å²) in [5.74, 6) is -0.981. The first-order valence-electron chi connectivity index (χ1n) is 7.69. The molecule has 2 aromatic carbocycles. The van der Waals surface area contributed by atoms with Crippen molar-refractivity contribution in [2.45, 2.75) is 25.8 Å². The third kappa shape index (κ3) is 2.69. The van der Waals surface area contributed by atoms with Crippen LogP contribution in [0.4, 0.5) is 0 Å². The van der Waals surface area contributed by atoms with Gasteiger partial charge in [-0.2, -0.15) is 5.10 Å². The van der Waals surface area contributed by atoms with Gasteiger partial charge in [0.05, 0.1) is 17.6 Å². The van der Waals surface area contributed by atoms with E-state index in [1.165, 1.54) is 4.68 Å². The zero-order valence-corrected chi connectivity index (χ0v) is 13.6. The number of nitrogens with zero attached hydrogens (tertiary/aromatic N) is 2. The molecular formula is C19H18N2O3. The number of carboxylic acid groups (broad SMARTS) is 1. The fraction of sp³-hybridized carbons (Fsp3) is 0.211. The van der Waals surface area contributed by atoms with Crippen molar-refractivity contribution in [1.29, 1.82) is 0 Å². The Balaban J connectivity index is 2.26. The van der Waals surface area contributed by atoms with E-state index < -0.39 is 11.4 Å². The Morgan fingerprint density at radius 3 is 2.25 bits per heavy atom. The zero-order chi connectivity index (χ0) is 17.3. The minimum absolute atomic E-state index is 0.223. The highest BCUT2D eigenvalue weighted by Crippen LogP contribution is 2.27. The molecule has 0 aliphatic carbocycles. The maximum absolute atomic E-state index is 12.7. The van der Waals surface area contributed by atoms with Gasteiger partial charge in [0, 0.05) is 5.39 Å². The van der Waals surface area contributed by atoms with E-state index in [0.717, 1.165) is 5.56 Å². The van der Waals surface area contributed by atoms with Crippen LogP contribution in [0.25, 0.3) is 10.8 Å². The number of fused-ring (bicyclic) bond motifs is 1. The van der Waals surface area contributed by atoms with Crippen LogP contribution >= 0.6 is 0 Å². The SMILES string of the molecule is CC(C)(C(=O)O)c1nn(Cc2ccccc2)c(=O)c2ccccc12. The number of hydrogen-bond acceptors (Lipinski definition) is 3. The first kappa shape index (κ1) is 15.9. The number of hydrogen-bond donors (Lipinski definition) is 1. The van der Waals surface area contributed by atoms with Crippen molar-refractivity contribution in [3.8, 4) is 0 Å². The van der Waals surface area contributed by atoms with Gasteiger partial charge >= 0.3 is 5.97 Å². The third-order valence-electron chi connectivity index (χ3n) is 4.17. The van der Waals surface area contributed by atoms with Gasteiger partial charge < -0.3 is 5.11 Å². The van der Waals surface area contributed by atoms with Gasteiger partial charge in [0.2, 0.25) is 0 Å². The second kappa shape index (κ2) is 5.92. The third-order valence-corrected chi connectivity index (χ3v) is 4.17. The number of aromatic nitrogens is 2. The van der Waals surface area contributed by atoms with Crippen LogP contribution in [0.15, 0.2) is 59.4 Å². The smallest absolute Gasteiger partial charge is 0.315 e. The highest BCUT2D eigenvalue weighted by Gasteiger charge is 2.34. The van der Waals surface area contributed by atoms with Gasteiger partial charge in [-0.25, -0.2) is 4.68 Å². The molecule has 24 heavy (non-hydrogen) atoms. The second-order valence-electron chi connectivity index (χ2n) is 6.27. The summed E-state index contributed by atoms with van der Waals surface area (Å²) >= 11 is 0. The molecule has 5 heteroatoms. The molecule has 0 saturated carbocycles. The Bertz CT molecular complexity index is 959. The van der Waals surface area contributed by atoms with Crippen LogP contribution in [-0.2, 0) is 16.8 Å². The van der Waals surface area contributed by atoms with E-state index >= 15 is 0 Å². The largest absolute Gasteiger partial charge is 0.481 e. The topological polar surface area (TPSA) is 72.2 Å². The molecule has 0 saturated heterocycles. The average molecular weight is 322 g/mol. The Hall–Kier alpha value is -2.95. The quantitative estimate of drug-likeness (QED) is 0.801. The highest BCUT2D eigenvalue weighted by atomic mass is 16.4. The predicted molar refractivity (Wildman–Crippen MR) is 92.2 cm³/mol. The highest BCUT2D eigenvalue weighted by molar-refractivity contribution is 5.90. The number of rotatable bonds is 4. The molecule has 5 nitrogen and oxygen atoms in total. The molecule has 0 aliphatic heterocycles. The molecule has 0 atom stereocenters. The van der Waals surface area contributed by atoms with Crippen LogP contribution in [0.3, 0.4) is 0 Å². The molecular weight excluding hydrogens is 304 g/mol. The molecule has 0 bridgehead atoms. The Labute approximate surface area is 139 Å². The van der Waals surface area contributed by atoms with Gasteiger partial charge in [0.25, 0.3) is 5.56 Å². The van der Waals surface area contributed by atoms with Gasteiger partial charge in [0.1, 0.15) is 5.41 Å². The van der Waals surface area contributed by atoms with Crippen molar-refractivity contribution in [2.75, 3.05) is 0 Å². The van der Waals surface area contributed by atoms with Gasteiger partial charge in [-0.1, -0.05) is 48.5 Å². The molecule has 1 heterocycles. The predicted octanol–water partition coefficient (Wildman–Crippen LogP) is 2.81. The van der Waals surface area contributed by atoms with E-state index in [4.69, 9.17) is 0 Å². The molecule has 3 rings (SSSR count). The number of benzene rings is 2. The molecule has 1 N–H and O–H groups in total. The van der Waals surface area contributed by atoms with Crippen molar-refractivity contribution in [3.63, 3.8) is 0 Å². The maximum Gasteiger partial charge on any atom is 0.315 e. The van der Waals surface area contributed by atoms with Crippen LogP contribution in [0, 0.1) is 0 Å². The minimum atomic E-state index is -1.20. The lowest BCUT2D eigenvalue weighted by Gasteiger charge is -2.21. The molecule has 0 spiro atoms. The molecule has 0 amide bonds. The van der Waals surface area contributed by atoms with E-state index in [1.807, 2.05) is 30.3 Å². The van der Waals surface area contributed by atoms with Gasteiger partial charge in [-0.05, 0) is 25.5 Å². The van der Waals surface area contributed by atoms with Crippen molar-refractivity contribution in [3.05, 3.63) is 76.2 Å². The summed E-state index contributed by atoms with van der Waals surface area (Å²) in [7, 11) is 0. The lowest BCUT2D eigenvalue weighted by Crippen LogP contribution is -2.34. The summed E-state index contributed by atoms with van der Waals surface area (Å²) in [5, 5.41) is 15.1. The zero-order valence-electron chi connectivity index (χ0n) is 13.6. The first-order valence-corrected chi connectivity index (χ1v) is 7.69. The summed E-state index contributed by atoms with van der Waals surface area (Å²) in [6, 6.07) is 16.5. The fourth-order valence-corrected chi connectivity index (χ4v) is 2.66. The van der Waals surface area contributed by atoms with Crippen LogP contribution < -0.4 is 5.56 Å². The first-order chi connectivity index (χ1) is 11.4. The molecule has 0 aliphatic rings. The number of carboxylic acids is 1. The van der Waals surface area contributed by atoms with Crippen LogP contribution in [-0.4, -0.2) is 20.9 Å². The lowest BCUT2D eigenvalue weighted by atomic mass is 9.86.